The summed E-state index contributed by atoms with van der Waals surface area (Å²) in [5.41, 5.74) is 2.20. The Balaban J connectivity index is 1.93. The van der Waals surface area contributed by atoms with Crippen molar-refractivity contribution in [1.29, 1.82) is 0 Å². The van der Waals surface area contributed by atoms with E-state index in [1.54, 1.807) is 18.2 Å². The summed E-state index contributed by atoms with van der Waals surface area (Å²) in [7, 11) is 0. The van der Waals surface area contributed by atoms with Crippen LogP contribution in [0.25, 0.3) is 22.0 Å². The molecule has 1 aromatic heterocycles. The quantitative estimate of drug-likeness (QED) is 0.563. The topological polar surface area (TPSA) is 34.9 Å². The molecule has 0 aliphatic carbocycles. The van der Waals surface area contributed by atoms with Crippen molar-refractivity contribution in [2.45, 2.75) is 6.54 Å². The van der Waals surface area contributed by atoms with Gasteiger partial charge in [-0.05, 0) is 23.8 Å². The van der Waals surface area contributed by atoms with Gasteiger partial charge in [0.25, 0.3) is 5.56 Å². The van der Waals surface area contributed by atoms with Gasteiger partial charge in [-0.3, -0.25) is 4.79 Å². The van der Waals surface area contributed by atoms with E-state index in [4.69, 9.17) is 0 Å². The number of fused-ring (bicyclic) bond motifs is 1. The van der Waals surface area contributed by atoms with Crippen LogP contribution in [0.1, 0.15) is 5.56 Å². The lowest BCUT2D eigenvalue weighted by Gasteiger charge is -2.11. The number of hydrogen-bond donors (Lipinski definition) is 0. The average molecular weight is 330 g/mol. The first kappa shape index (κ1) is 15.3. The Hall–Kier alpha value is -3.27. The second-order valence-electron chi connectivity index (χ2n) is 5.85. The number of hydrogen-bond acceptors (Lipinski definition) is 2. The fourth-order valence-electron chi connectivity index (χ4n) is 2.96. The summed E-state index contributed by atoms with van der Waals surface area (Å²) >= 11 is 0. The van der Waals surface area contributed by atoms with E-state index in [-0.39, 0.29) is 17.9 Å². The van der Waals surface area contributed by atoms with Crippen molar-refractivity contribution in [3.05, 3.63) is 101 Å². The first-order valence-corrected chi connectivity index (χ1v) is 8.02. The monoisotopic (exact) mass is 330 g/mol. The number of rotatable bonds is 3. The molecule has 0 spiro atoms. The SMILES string of the molecule is O=c1c2ccccc2c(-c2ccccc2)nn1Cc1cccc(F)c1. The van der Waals surface area contributed by atoms with Crippen LogP contribution >= 0.6 is 0 Å². The molecule has 0 aliphatic heterocycles. The summed E-state index contributed by atoms with van der Waals surface area (Å²) in [6, 6.07) is 23.4. The minimum atomic E-state index is -0.324. The van der Waals surface area contributed by atoms with Gasteiger partial charge in [-0.15, -0.1) is 0 Å². The van der Waals surface area contributed by atoms with Crippen molar-refractivity contribution in [2.24, 2.45) is 0 Å². The molecule has 0 atom stereocenters. The Bertz CT molecular complexity index is 1100. The molecule has 0 saturated heterocycles. The summed E-state index contributed by atoms with van der Waals surface area (Å²) in [6.07, 6.45) is 0. The second-order valence-corrected chi connectivity index (χ2v) is 5.85. The standard InChI is InChI=1S/C21H15FN2O/c22-17-10-6-7-15(13-17)14-24-21(25)19-12-5-4-11-18(19)20(23-24)16-8-2-1-3-9-16/h1-13H,14H2. The molecular weight excluding hydrogens is 315 g/mol. The van der Waals surface area contributed by atoms with E-state index < -0.39 is 0 Å². The number of aromatic nitrogens is 2. The fourth-order valence-corrected chi connectivity index (χ4v) is 2.96. The lowest BCUT2D eigenvalue weighted by atomic mass is 10.1. The number of benzene rings is 3. The molecule has 1 heterocycles. The molecule has 0 unspecified atom stereocenters. The molecule has 0 N–H and O–H groups in total. The van der Waals surface area contributed by atoms with Gasteiger partial charge < -0.3 is 0 Å². The van der Waals surface area contributed by atoms with Crippen LogP contribution in [-0.2, 0) is 6.54 Å². The zero-order chi connectivity index (χ0) is 17.2. The maximum atomic E-state index is 13.5. The van der Waals surface area contributed by atoms with Gasteiger partial charge >= 0.3 is 0 Å². The molecule has 0 fully saturated rings. The van der Waals surface area contributed by atoms with Gasteiger partial charge in [-0.1, -0.05) is 60.7 Å². The van der Waals surface area contributed by atoms with Crippen LogP contribution in [0.4, 0.5) is 4.39 Å². The first-order valence-electron chi connectivity index (χ1n) is 8.02. The minimum Gasteiger partial charge on any atom is -0.267 e. The third kappa shape index (κ3) is 2.94. The van der Waals surface area contributed by atoms with Crippen LogP contribution in [0.5, 0.6) is 0 Å². The second kappa shape index (κ2) is 6.32. The van der Waals surface area contributed by atoms with Crippen molar-refractivity contribution >= 4 is 10.8 Å². The molecule has 3 aromatic carbocycles. The molecule has 0 aliphatic rings. The van der Waals surface area contributed by atoms with Crippen LogP contribution in [0.2, 0.25) is 0 Å². The molecule has 4 aromatic rings. The highest BCUT2D eigenvalue weighted by molar-refractivity contribution is 5.93. The maximum Gasteiger partial charge on any atom is 0.274 e. The largest absolute Gasteiger partial charge is 0.274 e. The van der Waals surface area contributed by atoms with Crippen molar-refractivity contribution in [1.82, 2.24) is 9.78 Å². The predicted molar refractivity (Wildman–Crippen MR) is 96.9 cm³/mol. The van der Waals surface area contributed by atoms with E-state index in [1.807, 2.05) is 48.5 Å². The van der Waals surface area contributed by atoms with Crippen LogP contribution < -0.4 is 5.56 Å². The molecule has 122 valence electrons. The Morgan fingerprint density at radius 3 is 2.32 bits per heavy atom. The van der Waals surface area contributed by atoms with Gasteiger partial charge in [0.1, 0.15) is 5.82 Å². The zero-order valence-corrected chi connectivity index (χ0v) is 13.4. The van der Waals surface area contributed by atoms with Gasteiger partial charge in [0.05, 0.1) is 17.6 Å². The lowest BCUT2D eigenvalue weighted by Crippen LogP contribution is -2.24. The summed E-state index contributed by atoms with van der Waals surface area (Å²) in [5, 5.41) is 6.00. The summed E-state index contributed by atoms with van der Waals surface area (Å²) in [5.74, 6) is -0.324. The molecule has 4 rings (SSSR count). The third-order valence-electron chi connectivity index (χ3n) is 4.14. The van der Waals surface area contributed by atoms with Crippen molar-refractivity contribution in [3.63, 3.8) is 0 Å². The van der Waals surface area contributed by atoms with E-state index in [2.05, 4.69) is 5.10 Å². The summed E-state index contributed by atoms with van der Waals surface area (Å²) in [4.78, 5) is 12.8. The minimum absolute atomic E-state index is 0.181. The summed E-state index contributed by atoms with van der Waals surface area (Å²) < 4.78 is 14.9. The summed E-state index contributed by atoms with van der Waals surface area (Å²) in [6.45, 7) is 0.223. The normalized spacial score (nSPS) is 10.9. The average Bonchev–Trinajstić information content (AvgIpc) is 2.65. The number of halogens is 1. The van der Waals surface area contributed by atoms with Crippen LogP contribution in [-0.4, -0.2) is 9.78 Å². The predicted octanol–water partition coefficient (Wildman–Crippen LogP) is 4.25. The first-order chi connectivity index (χ1) is 12.2. The molecule has 3 nitrogen and oxygen atoms in total. The molecule has 0 saturated carbocycles. The Morgan fingerprint density at radius 2 is 1.56 bits per heavy atom. The van der Waals surface area contributed by atoms with Crippen LogP contribution in [0.3, 0.4) is 0 Å². The maximum absolute atomic E-state index is 13.5. The van der Waals surface area contributed by atoms with Gasteiger partial charge in [0.2, 0.25) is 0 Å². The Kier molecular flexibility index (Phi) is 3.86. The highest BCUT2D eigenvalue weighted by atomic mass is 19.1. The number of nitrogens with zero attached hydrogens (tertiary/aromatic N) is 2. The molecule has 25 heavy (non-hydrogen) atoms. The van der Waals surface area contributed by atoms with Crippen LogP contribution in [0, 0.1) is 5.82 Å². The van der Waals surface area contributed by atoms with Crippen LogP contribution in [0.15, 0.2) is 83.7 Å². The van der Waals surface area contributed by atoms with Gasteiger partial charge in [-0.25, -0.2) is 9.07 Å². The molecule has 0 radical (unpaired) electrons. The van der Waals surface area contributed by atoms with E-state index in [1.165, 1.54) is 16.8 Å². The fraction of sp³-hybridized carbons (Fsp3) is 0.0476. The highest BCUT2D eigenvalue weighted by Gasteiger charge is 2.12. The van der Waals surface area contributed by atoms with E-state index >= 15 is 0 Å². The van der Waals surface area contributed by atoms with Gasteiger partial charge in [0, 0.05) is 10.9 Å². The van der Waals surface area contributed by atoms with E-state index in [9.17, 15) is 9.18 Å². The van der Waals surface area contributed by atoms with Gasteiger partial charge in [-0.2, -0.15) is 5.10 Å². The van der Waals surface area contributed by atoms with Crippen molar-refractivity contribution in [2.75, 3.05) is 0 Å². The lowest BCUT2D eigenvalue weighted by molar-refractivity contribution is 0.614. The zero-order valence-electron chi connectivity index (χ0n) is 13.4. The van der Waals surface area contributed by atoms with Gasteiger partial charge in [0.15, 0.2) is 0 Å². The van der Waals surface area contributed by atoms with E-state index in [0.29, 0.717) is 10.9 Å². The Labute approximate surface area is 144 Å². The molecule has 4 heteroatoms. The third-order valence-corrected chi connectivity index (χ3v) is 4.14. The van der Waals surface area contributed by atoms with Crippen molar-refractivity contribution in [3.8, 4) is 11.3 Å². The Morgan fingerprint density at radius 1 is 0.840 bits per heavy atom. The highest BCUT2D eigenvalue weighted by Crippen LogP contribution is 2.24. The molecule has 0 amide bonds. The van der Waals surface area contributed by atoms with E-state index in [0.717, 1.165) is 16.6 Å². The molecule has 0 bridgehead atoms. The van der Waals surface area contributed by atoms with Crippen molar-refractivity contribution < 1.29 is 4.39 Å². The molecular formula is C21H15FN2O. The smallest absolute Gasteiger partial charge is 0.267 e.